The summed E-state index contributed by atoms with van der Waals surface area (Å²) in [6, 6.07) is 12.5. The van der Waals surface area contributed by atoms with Crippen LogP contribution >= 0.6 is 23.2 Å². The Morgan fingerprint density at radius 3 is 2.46 bits per heavy atom. The summed E-state index contributed by atoms with van der Waals surface area (Å²) in [6.45, 7) is 4.79. The van der Waals surface area contributed by atoms with Crippen LogP contribution in [0.3, 0.4) is 0 Å². The molecule has 39 heavy (non-hydrogen) atoms. The molecule has 1 heterocycles. The average Bonchev–Trinajstić information content (AvgIpc) is 2.90. The monoisotopic (exact) mass is 583 g/mol. The number of halogens is 5. The number of amides is 1. The Kier molecular flexibility index (Phi) is 10.0. The normalized spacial score (nSPS) is 22.5. The molecule has 1 aliphatic heterocycles. The van der Waals surface area contributed by atoms with Gasteiger partial charge >= 0.3 is 6.18 Å². The van der Waals surface area contributed by atoms with E-state index in [2.05, 4.69) is 27.8 Å². The molecule has 2 aliphatic rings. The van der Waals surface area contributed by atoms with E-state index in [0.29, 0.717) is 47.4 Å². The fourth-order valence-electron chi connectivity index (χ4n) is 4.99. The highest BCUT2D eigenvalue weighted by molar-refractivity contribution is 6.35. The van der Waals surface area contributed by atoms with Gasteiger partial charge in [0.15, 0.2) is 5.96 Å². The third-order valence-electron chi connectivity index (χ3n) is 7.23. The predicted octanol–water partition coefficient (Wildman–Crippen LogP) is 6.15. The number of hydrogen-bond acceptors (Lipinski definition) is 3. The minimum atomic E-state index is -4.14. The quantitative estimate of drug-likeness (QED) is 0.282. The lowest BCUT2D eigenvalue weighted by Crippen LogP contribution is -2.53. The first kappa shape index (κ1) is 29.5. The Morgan fingerprint density at radius 1 is 1.10 bits per heavy atom. The maximum Gasteiger partial charge on any atom is 0.391 e. The number of anilines is 1. The van der Waals surface area contributed by atoms with Crippen LogP contribution in [-0.2, 0) is 6.42 Å². The number of rotatable bonds is 6. The van der Waals surface area contributed by atoms with Gasteiger partial charge in [-0.15, -0.1) is 0 Å². The van der Waals surface area contributed by atoms with Crippen molar-refractivity contribution in [2.24, 2.45) is 10.9 Å². The van der Waals surface area contributed by atoms with Crippen molar-refractivity contribution < 1.29 is 18.0 Å². The number of alkyl halides is 3. The Balaban J connectivity index is 1.37. The third-order valence-corrected chi connectivity index (χ3v) is 7.82. The fraction of sp³-hybridized carbons (Fsp3) is 0.500. The number of piperazine rings is 1. The molecule has 0 unspecified atom stereocenters. The van der Waals surface area contributed by atoms with E-state index >= 15 is 0 Å². The summed E-state index contributed by atoms with van der Waals surface area (Å²) in [5.41, 5.74) is 2.18. The van der Waals surface area contributed by atoms with Gasteiger partial charge in [0.05, 0.1) is 12.0 Å². The molecule has 0 radical (unpaired) electrons. The summed E-state index contributed by atoms with van der Waals surface area (Å²) in [5, 5.41) is 10.8. The van der Waals surface area contributed by atoms with E-state index in [0.717, 1.165) is 30.9 Å². The zero-order chi connectivity index (χ0) is 28.0. The lowest BCUT2D eigenvalue weighted by molar-refractivity contribution is -0.182. The van der Waals surface area contributed by atoms with Gasteiger partial charge in [0.25, 0.3) is 5.91 Å². The highest BCUT2D eigenvalue weighted by atomic mass is 35.5. The molecule has 2 aromatic rings. The highest BCUT2D eigenvalue weighted by Crippen LogP contribution is 2.38. The van der Waals surface area contributed by atoms with Crippen LogP contribution in [0.5, 0.6) is 0 Å². The summed E-state index contributed by atoms with van der Waals surface area (Å²) >= 11 is 12.1. The first-order valence-corrected chi connectivity index (χ1v) is 14.1. The fourth-order valence-corrected chi connectivity index (χ4v) is 5.50. The zero-order valence-corrected chi connectivity index (χ0v) is 23.3. The molecule has 1 saturated heterocycles. The molecule has 1 atom stereocenters. The van der Waals surface area contributed by atoms with Crippen molar-refractivity contribution in [3.05, 3.63) is 63.6 Å². The van der Waals surface area contributed by atoms with Gasteiger partial charge in [-0.2, -0.15) is 13.2 Å². The van der Waals surface area contributed by atoms with Crippen LogP contribution in [0.25, 0.3) is 0 Å². The van der Waals surface area contributed by atoms with Crippen LogP contribution in [-0.4, -0.2) is 61.2 Å². The lowest BCUT2D eigenvalue weighted by atomic mass is 9.86. The summed E-state index contributed by atoms with van der Waals surface area (Å²) in [4.78, 5) is 19.7. The second-order valence-electron chi connectivity index (χ2n) is 10.2. The van der Waals surface area contributed by atoms with Gasteiger partial charge in [0.1, 0.15) is 0 Å². The predicted molar refractivity (Wildman–Crippen MR) is 151 cm³/mol. The first-order chi connectivity index (χ1) is 18.6. The molecule has 6 nitrogen and oxygen atoms in total. The molecule has 11 heteroatoms. The molecule has 2 aromatic carbocycles. The SMILES string of the molecule is C[C@H]1CN(C(=NC2CCC(C(F)(F)F)CC2)Nc2ccc(C(=O)NCCc3ccc(Cl)cc3Cl)cc2)CCN1. The second-order valence-corrected chi connectivity index (χ2v) is 11.1. The molecule has 212 valence electrons. The number of carbonyl (C=O) groups is 1. The van der Waals surface area contributed by atoms with Crippen molar-refractivity contribution in [3.63, 3.8) is 0 Å². The van der Waals surface area contributed by atoms with E-state index in [4.69, 9.17) is 28.2 Å². The Hall–Kier alpha value is -2.49. The molecule has 1 saturated carbocycles. The minimum Gasteiger partial charge on any atom is -0.352 e. The number of hydrogen-bond donors (Lipinski definition) is 3. The first-order valence-electron chi connectivity index (χ1n) is 13.3. The van der Waals surface area contributed by atoms with Crippen LogP contribution < -0.4 is 16.0 Å². The zero-order valence-electron chi connectivity index (χ0n) is 21.8. The van der Waals surface area contributed by atoms with E-state index in [1.54, 1.807) is 24.3 Å². The molecule has 0 bridgehead atoms. The number of guanidine groups is 1. The van der Waals surface area contributed by atoms with Gasteiger partial charge in [-0.3, -0.25) is 4.79 Å². The Morgan fingerprint density at radius 2 is 1.82 bits per heavy atom. The smallest absolute Gasteiger partial charge is 0.352 e. The molecular formula is C28H34Cl2F3N5O. The van der Waals surface area contributed by atoms with Crippen LogP contribution in [0.4, 0.5) is 18.9 Å². The van der Waals surface area contributed by atoms with E-state index in [-0.39, 0.29) is 30.8 Å². The molecule has 1 aliphatic carbocycles. The van der Waals surface area contributed by atoms with Gasteiger partial charge in [0, 0.05) is 53.5 Å². The van der Waals surface area contributed by atoms with Crippen LogP contribution in [0.15, 0.2) is 47.5 Å². The van der Waals surface area contributed by atoms with E-state index in [9.17, 15) is 18.0 Å². The Labute approximate surface area is 237 Å². The van der Waals surface area contributed by atoms with Crippen molar-refractivity contribution in [2.45, 2.75) is 57.3 Å². The topological polar surface area (TPSA) is 68.8 Å². The van der Waals surface area contributed by atoms with Gasteiger partial charge < -0.3 is 20.9 Å². The molecule has 1 amide bonds. The molecule has 0 spiro atoms. The molecule has 2 fully saturated rings. The number of benzene rings is 2. The maximum atomic E-state index is 13.1. The van der Waals surface area contributed by atoms with Crippen molar-refractivity contribution >= 4 is 40.8 Å². The summed E-state index contributed by atoms with van der Waals surface area (Å²) in [6.07, 6.45) is -2.52. The van der Waals surface area contributed by atoms with E-state index in [1.165, 1.54) is 0 Å². The van der Waals surface area contributed by atoms with E-state index < -0.39 is 12.1 Å². The van der Waals surface area contributed by atoms with Crippen LogP contribution in [0, 0.1) is 5.92 Å². The Bertz CT molecular complexity index is 1150. The van der Waals surface area contributed by atoms with Crippen molar-refractivity contribution in [3.8, 4) is 0 Å². The van der Waals surface area contributed by atoms with Gasteiger partial charge in [-0.25, -0.2) is 4.99 Å². The van der Waals surface area contributed by atoms with Crippen LogP contribution in [0.1, 0.15) is 48.5 Å². The number of nitrogens with one attached hydrogen (secondary N) is 3. The second kappa shape index (κ2) is 13.2. The van der Waals surface area contributed by atoms with Gasteiger partial charge in [-0.1, -0.05) is 29.3 Å². The summed E-state index contributed by atoms with van der Waals surface area (Å²) in [7, 11) is 0. The van der Waals surface area contributed by atoms with Crippen LogP contribution in [0.2, 0.25) is 10.0 Å². The largest absolute Gasteiger partial charge is 0.391 e. The average molecular weight is 585 g/mol. The third kappa shape index (κ3) is 8.50. The van der Waals surface area contributed by atoms with E-state index in [1.807, 2.05) is 18.2 Å². The summed E-state index contributed by atoms with van der Waals surface area (Å²) in [5.74, 6) is -0.768. The lowest BCUT2D eigenvalue weighted by Gasteiger charge is -2.36. The standard InChI is InChI=1S/C28H34Cl2F3N5O/c1-18-17-38(15-14-34-18)27(37-24-10-5-21(6-11-24)28(31,32)33)36-23-8-3-20(4-9-23)26(39)35-13-12-19-2-7-22(29)16-25(19)30/h2-4,7-9,16,18,21,24,34H,5-6,10-15,17H2,1H3,(H,35,39)(H,36,37)/t18-,21?,24?/m0/s1. The number of carbonyl (C=O) groups excluding carboxylic acids is 1. The molecule has 4 rings (SSSR count). The molecule has 0 aromatic heterocycles. The van der Waals surface area contributed by atoms with Gasteiger partial charge in [0.2, 0.25) is 0 Å². The highest BCUT2D eigenvalue weighted by Gasteiger charge is 2.41. The van der Waals surface area contributed by atoms with Crippen molar-refractivity contribution in [1.82, 2.24) is 15.5 Å². The van der Waals surface area contributed by atoms with Gasteiger partial charge in [-0.05, 0) is 81.0 Å². The maximum absolute atomic E-state index is 13.1. The summed E-state index contributed by atoms with van der Waals surface area (Å²) < 4.78 is 39.3. The van der Waals surface area contributed by atoms with Crippen molar-refractivity contribution in [1.29, 1.82) is 0 Å². The molecule has 3 N–H and O–H groups in total. The van der Waals surface area contributed by atoms with Crippen molar-refractivity contribution in [2.75, 3.05) is 31.5 Å². The number of nitrogens with zero attached hydrogens (tertiary/aromatic N) is 2. The number of aliphatic imine (C=N–C) groups is 1. The minimum absolute atomic E-state index is 0.108. The molecular weight excluding hydrogens is 550 g/mol.